The van der Waals surface area contributed by atoms with E-state index in [-0.39, 0.29) is 0 Å². The molecule has 0 saturated carbocycles. The van der Waals surface area contributed by atoms with E-state index >= 15 is 0 Å². The summed E-state index contributed by atoms with van der Waals surface area (Å²) < 4.78 is 0. The third-order valence-electron chi connectivity index (χ3n) is 1.24. The summed E-state index contributed by atoms with van der Waals surface area (Å²) in [7, 11) is 0. The molecule has 0 aromatic heterocycles. The number of amides is 1. The first-order chi connectivity index (χ1) is 6.29. The third-order valence-corrected chi connectivity index (χ3v) is 1.24. The highest BCUT2D eigenvalue weighted by Crippen LogP contribution is 2.05. The molecule has 3 N–H and O–H groups in total. The topological polar surface area (TPSA) is 64.4 Å². The number of hydrogen-bond acceptors (Lipinski definition) is 3. The number of rotatable bonds is 4. The molecule has 4 heteroatoms. The van der Waals surface area contributed by atoms with Crippen molar-refractivity contribution < 1.29 is 9.63 Å². The van der Waals surface area contributed by atoms with Crippen molar-refractivity contribution in [2.75, 3.05) is 0 Å². The molecule has 13 heavy (non-hydrogen) atoms. The molecule has 4 nitrogen and oxygen atoms in total. The van der Waals surface area contributed by atoms with Gasteiger partial charge in [-0.3, -0.25) is 4.79 Å². The maximum Gasteiger partial charge on any atom is 0.242 e. The zero-order valence-electron chi connectivity index (χ0n) is 6.94. The molecular weight excluding hydrogens is 168 g/mol. The number of para-hydroxylation sites is 1. The molecule has 0 fully saturated rings. The van der Waals surface area contributed by atoms with Crippen molar-refractivity contribution in [3.05, 3.63) is 42.6 Å². The van der Waals surface area contributed by atoms with Gasteiger partial charge in [0.15, 0.2) is 5.75 Å². The van der Waals surface area contributed by atoms with E-state index in [1.54, 1.807) is 12.1 Å². The van der Waals surface area contributed by atoms with Crippen LogP contribution in [0.4, 0.5) is 0 Å². The maximum atomic E-state index is 10.3. The van der Waals surface area contributed by atoms with Gasteiger partial charge in [-0.1, -0.05) is 18.2 Å². The van der Waals surface area contributed by atoms with Crippen molar-refractivity contribution >= 4 is 5.91 Å². The lowest BCUT2D eigenvalue weighted by Crippen LogP contribution is -2.13. The Bertz CT molecular complexity index is 296. The van der Waals surface area contributed by atoms with Crippen LogP contribution in [0.5, 0.6) is 5.75 Å². The summed E-state index contributed by atoms with van der Waals surface area (Å²) in [5.74, 6) is 0.140. The van der Waals surface area contributed by atoms with Gasteiger partial charge in [0.05, 0.1) is 0 Å². The number of nitrogens with one attached hydrogen (secondary N) is 1. The van der Waals surface area contributed by atoms with E-state index in [1.807, 2.05) is 18.2 Å². The fourth-order valence-corrected chi connectivity index (χ4v) is 0.707. The van der Waals surface area contributed by atoms with Gasteiger partial charge in [0.2, 0.25) is 5.91 Å². The van der Waals surface area contributed by atoms with Crippen LogP contribution in [0.2, 0.25) is 0 Å². The van der Waals surface area contributed by atoms with Crippen LogP contribution >= 0.6 is 0 Å². The highest BCUT2D eigenvalue weighted by molar-refractivity contribution is 5.85. The monoisotopic (exact) mass is 178 g/mol. The normalized spacial score (nSPS) is 9.85. The molecular formula is C9H10N2O2. The van der Waals surface area contributed by atoms with E-state index in [4.69, 9.17) is 10.6 Å². The molecule has 0 saturated heterocycles. The Kier molecular flexibility index (Phi) is 3.38. The Balaban J connectivity index is 2.32. The standard InChI is InChI=1S/C9H10N2O2/c10-9(12)6-7-11-13-8-4-2-1-3-5-8/h1-7,11H,(H2,10,12). The minimum atomic E-state index is -0.524. The average molecular weight is 178 g/mol. The van der Waals surface area contributed by atoms with Gasteiger partial charge in [-0.25, -0.2) is 5.48 Å². The maximum absolute atomic E-state index is 10.3. The molecule has 0 atom stereocenters. The van der Waals surface area contributed by atoms with Gasteiger partial charge >= 0.3 is 0 Å². The van der Waals surface area contributed by atoms with Crippen LogP contribution in [-0.2, 0) is 4.79 Å². The van der Waals surface area contributed by atoms with Gasteiger partial charge in [-0.05, 0) is 12.1 Å². The second-order valence-electron chi connectivity index (χ2n) is 2.27. The van der Waals surface area contributed by atoms with Gasteiger partial charge < -0.3 is 10.6 Å². The minimum Gasteiger partial charge on any atom is -0.383 e. The van der Waals surface area contributed by atoms with E-state index < -0.39 is 5.91 Å². The van der Waals surface area contributed by atoms with Gasteiger partial charge in [0, 0.05) is 12.3 Å². The molecule has 0 aliphatic heterocycles. The van der Waals surface area contributed by atoms with Gasteiger partial charge in [-0.15, -0.1) is 0 Å². The van der Waals surface area contributed by atoms with Crippen LogP contribution in [-0.4, -0.2) is 5.91 Å². The lowest BCUT2D eigenvalue weighted by molar-refractivity contribution is -0.113. The fraction of sp³-hybridized carbons (Fsp3) is 0. The first-order valence-electron chi connectivity index (χ1n) is 3.72. The van der Waals surface area contributed by atoms with Crippen LogP contribution in [0.3, 0.4) is 0 Å². The molecule has 1 aromatic carbocycles. The zero-order chi connectivity index (χ0) is 9.52. The second kappa shape index (κ2) is 4.82. The quantitative estimate of drug-likeness (QED) is 0.523. The Morgan fingerprint density at radius 3 is 2.69 bits per heavy atom. The van der Waals surface area contributed by atoms with Crippen molar-refractivity contribution in [3.8, 4) is 5.75 Å². The Hall–Kier alpha value is -1.97. The Labute approximate surface area is 76.0 Å². The number of nitrogens with two attached hydrogens (primary N) is 1. The number of carbonyl (C=O) groups is 1. The third kappa shape index (κ3) is 3.81. The van der Waals surface area contributed by atoms with Crippen LogP contribution in [0.1, 0.15) is 0 Å². The number of hydroxylamine groups is 1. The van der Waals surface area contributed by atoms with E-state index in [9.17, 15) is 4.79 Å². The smallest absolute Gasteiger partial charge is 0.242 e. The zero-order valence-corrected chi connectivity index (χ0v) is 6.94. The fourth-order valence-electron chi connectivity index (χ4n) is 0.707. The summed E-state index contributed by atoms with van der Waals surface area (Å²) in [4.78, 5) is 15.3. The number of primary amides is 1. The molecule has 0 aliphatic rings. The molecule has 0 unspecified atom stereocenters. The van der Waals surface area contributed by atoms with Crippen molar-refractivity contribution in [2.24, 2.45) is 5.73 Å². The lowest BCUT2D eigenvalue weighted by Gasteiger charge is -2.01. The van der Waals surface area contributed by atoms with Crippen molar-refractivity contribution in [1.29, 1.82) is 0 Å². The highest BCUT2D eigenvalue weighted by Gasteiger charge is 1.87. The summed E-state index contributed by atoms with van der Waals surface area (Å²) in [5, 5.41) is 0. The van der Waals surface area contributed by atoms with Gasteiger partial charge in [0.1, 0.15) is 0 Å². The summed E-state index contributed by atoms with van der Waals surface area (Å²) >= 11 is 0. The van der Waals surface area contributed by atoms with Crippen LogP contribution in [0.15, 0.2) is 42.6 Å². The molecule has 1 amide bonds. The summed E-state index contributed by atoms with van der Waals surface area (Å²) in [6.45, 7) is 0. The van der Waals surface area contributed by atoms with E-state index in [0.717, 1.165) is 0 Å². The van der Waals surface area contributed by atoms with Crippen molar-refractivity contribution in [2.45, 2.75) is 0 Å². The average Bonchev–Trinajstić information content (AvgIpc) is 2.14. The van der Waals surface area contributed by atoms with Crippen LogP contribution in [0.25, 0.3) is 0 Å². The lowest BCUT2D eigenvalue weighted by atomic mass is 10.3. The molecule has 0 aliphatic carbocycles. The number of benzene rings is 1. The molecule has 0 bridgehead atoms. The van der Waals surface area contributed by atoms with E-state index in [0.29, 0.717) is 5.75 Å². The molecule has 0 heterocycles. The predicted octanol–water partition coefficient (Wildman–Crippen LogP) is 0.569. The van der Waals surface area contributed by atoms with Gasteiger partial charge in [-0.2, -0.15) is 0 Å². The molecule has 1 rings (SSSR count). The number of carbonyl (C=O) groups excluding carboxylic acids is 1. The van der Waals surface area contributed by atoms with Gasteiger partial charge in [0.25, 0.3) is 0 Å². The Morgan fingerprint density at radius 1 is 1.38 bits per heavy atom. The summed E-state index contributed by atoms with van der Waals surface area (Å²) in [5.41, 5.74) is 7.30. The molecule has 68 valence electrons. The van der Waals surface area contributed by atoms with Crippen LogP contribution in [0, 0.1) is 0 Å². The Morgan fingerprint density at radius 2 is 2.08 bits per heavy atom. The number of hydrogen-bond donors (Lipinski definition) is 2. The SMILES string of the molecule is NC(=O)C=CNOc1ccccc1. The van der Waals surface area contributed by atoms with E-state index in [1.165, 1.54) is 12.3 Å². The summed E-state index contributed by atoms with van der Waals surface area (Å²) in [6, 6.07) is 9.13. The second-order valence-corrected chi connectivity index (χ2v) is 2.27. The van der Waals surface area contributed by atoms with Crippen molar-refractivity contribution in [3.63, 3.8) is 0 Å². The van der Waals surface area contributed by atoms with Crippen molar-refractivity contribution in [1.82, 2.24) is 5.48 Å². The van der Waals surface area contributed by atoms with E-state index in [2.05, 4.69) is 5.48 Å². The largest absolute Gasteiger partial charge is 0.383 e. The first kappa shape index (κ1) is 9.12. The van der Waals surface area contributed by atoms with Crippen LogP contribution < -0.4 is 16.1 Å². The molecule has 0 spiro atoms. The molecule has 0 radical (unpaired) electrons. The first-order valence-corrected chi connectivity index (χ1v) is 3.72. The summed E-state index contributed by atoms with van der Waals surface area (Å²) in [6.07, 6.45) is 2.50. The minimum absolute atomic E-state index is 0.524. The molecule has 1 aromatic rings. The highest BCUT2D eigenvalue weighted by atomic mass is 16.6. The predicted molar refractivity (Wildman–Crippen MR) is 48.5 cm³/mol.